The van der Waals surface area contributed by atoms with E-state index in [4.69, 9.17) is 0 Å². The fourth-order valence-electron chi connectivity index (χ4n) is 2.76. The molecule has 8 heteroatoms. The van der Waals surface area contributed by atoms with E-state index in [0.29, 0.717) is 10.0 Å². The molecule has 0 saturated carbocycles. The van der Waals surface area contributed by atoms with Gasteiger partial charge in [-0.2, -0.15) is 20.2 Å². The molecule has 2 aliphatic rings. The SMILES string of the molecule is O=C1c2ccccc2C(=O)N1/N=C\C=N/N1C(=O)c2ccccc2C1=O. The molecule has 0 radical (unpaired) electrons. The van der Waals surface area contributed by atoms with Crippen molar-refractivity contribution < 1.29 is 19.2 Å². The molecule has 0 aliphatic carbocycles. The number of hydrogen-bond acceptors (Lipinski definition) is 6. The molecule has 0 atom stereocenters. The maximum absolute atomic E-state index is 12.1. The Balaban J connectivity index is 1.50. The van der Waals surface area contributed by atoms with Crippen LogP contribution >= 0.6 is 0 Å². The minimum atomic E-state index is -0.545. The molecular weight excluding hydrogens is 336 g/mol. The third kappa shape index (κ3) is 2.24. The Morgan fingerprint density at radius 1 is 0.538 bits per heavy atom. The monoisotopic (exact) mass is 346 g/mol. The summed E-state index contributed by atoms with van der Waals surface area (Å²) in [4.78, 5) is 48.6. The van der Waals surface area contributed by atoms with Crippen LogP contribution in [0.15, 0.2) is 58.7 Å². The zero-order valence-electron chi connectivity index (χ0n) is 13.2. The van der Waals surface area contributed by atoms with Crippen LogP contribution in [0.1, 0.15) is 41.4 Å². The Kier molecular flexibility index (Phi) is 3.51. The minimum absolute atomic E-state index is 0.270. The standard InChI is InChI=1S/C18H10N4O4/c23-15-11-5-1-2-6-12(11)16(24)21(15)19-9-10-20-22-17(25)13-7-3-4-8-14(13)18(22)26/h1-10H/b19-9-,20-10-. The number of nitrogens with zero attached hydrogens (tertiary/aromatic N) is 4. The summed E-state index contributed by atoms with van der Waals surface area (Å²) in [6.45, 7) is 0. The number of rotatable bonds is 3. The van der Waals surface area contributed by atoms with E-state index >= 15 is 0 Å². The molecule has 26 heavy (non-hydrogen) atoms. The zero-order valence-corrected chi connectivity index (χ0v) is 13.2. The molecule has 0 spiro atoms. The third-order valence-electron chi connectivity index (χ3n) is 3.98. The zero-order chi connectivity index (χ0) is 18.3. The summed E-state index contributed by atoms with van der Waals surface area (Å²) in [7, 11) is 0. The topological polar surface area (TPSA) is 99.5 Å². The van der Waals surface area contributed by atoms with Crippen LogP contribution in [0.25, 0.3) is 0 Å². The fourth-order valence-corrected chi connectivity index (χ4v) is 2.76. The van der Waals surface area contributed by atoms with Crippen LogP contribution in [-0.4, -0.2) is 46.1 Å². The van der Waals surface area contributed by atoms with E-state index in [0.717, 1.165) is 12.4 Å². The van der Waals surface area contributed by atoms with Gasteiger partial charge in [0.2, 0.25) is 0 Å². The Hall–Kier alpha value is -3.94. The maximum Gasteiger partial charge on any atom is 0.282 e. The number of carbonyl (C=O) groups is 4. The predicted molar refractivity (Wildman–Crippen MR) is 90.9 cm³/mol. The lowest BCUT2D eigenvalue weighted by Gasteiger charge is -2.05. The third-order valence-corrected chi connectivity index (χ3v) is 3.98. The van der Waals surface area contributed by atoms with Gasteiger partial charge < -0.3 is 0 Å². The molecule has 0 aromatic heterocycles. The van der Waals surface area contributed by atoms with Crippen LogP contribution in [-0.2, 0) is 0 Å². The van der Waals surface area contributed by atoms with Crippen molar-refractivity contribution in [3.8, 4) is 0 Å². The number of hydrazone groups is 2. The highest BCUT2D eigenvalue weighted by atomic mass is 16.2. The number of benzene rings is 2. The molecule has 8 nitrogen and oxygen atoms in total. The first-order valence-corrected chi connectivity index (χ1v) is 7.62. The van der Waals surface area contributed by atoms with Crippen LogP contribution in [0, 0.1) is 0 Å². The quantitative estimate of drug-likeness (QED) is 0.622. The van der Waals surface area contributed by atoms with Gasteiger partial charge in [-0.05, 0) is 24.3 Å². The van der Waals surface area contributed by atoms with Gasteiger partial charge in [0.1, 0.15) is 0 Å². The summed E-state index contributed by atoms with van der Waals surface area (Å²) >= 11 is 0. The largest absolute Gasteiger partial charge is 0.282 e. The van der Waals surface area contributed by atoms with Gasteiger partial charge in [0.05, 0.1) is 34.7 Å². The van der Waals surface area contributed by atoms with Crippen LogP contribution < -0.4 is 0 Å². The average molecular weight is 346 g/mol. The van der Waals surface area contributed by atoms with Crippen molar-refractivity contribution >= 4 is 36.1 Å². The molecule has 2 heterocycles. The second-order valence-corrected chi connectivity index (χ2v) is 5.46. The molecule has 4 amide bonds. The molecule has 2 aromatic carbocycles. The fraction of sp³-hybridized carbons (Fsp3) is 0. The summed E-state index contributed by atoms with van der Waals surface area (Å²) in [5.41, 5.74) is 1.08. The van der Waals surface area contributed by atoms with E-state index in [9.17, 15) is 19.2 Å². The first-order chi connectivity index (χ1) is 12.6. The lowest BCUT2D eigenvalue weighted by atomic mass is 10.1. The van der Waals surface area contributed by atoms with E-state index in [1.54, 1.807) is 24.3 Å². The van der Waals surface area contributed by atoms with Crippen molar-refractivity contribution in [2.45, 2.75) is 0 Å². The summed E-state index contributed by atoms with van der Waals surface area (Å²) in [6, 6.07) is 12.8. The van der Waals surface area contributed by atoms with Gasteiger partial charge in [0.25, 0.3) is 23.6 Å². The molecule has 4 rings (SSSR count). The molecule has 0 fully saturated rings. The lowest BCUT2D eigenvalue weighted by Crippen LogP contribution is -2.25. The summed E-state index contributed by atoms with van der Waals surface area (Å²) in [5.74, 6) is -2.18. The number of carbonyl (C=O) groups excluding carboxylic acids is 4. The minimum Gasteiger partial charge on any atom is -0.267 e. The van der Waals surface area contributed by atoms with E-state index in [-0.39, 0.29) is 22.3 Å². The normalized spacial score (nSPS) is 16.3. The van der Waals surface area contributed by atoms with Crippen LogP contribution in [0.2, 0.25) is 0 Å². The Bertz CT molecular complexity index is 887. The van der Waals surface area contributed by atoms with Gasteiger partial charge in [0.15, 0.2) is 0 Å². The molecule has 0 bridgehead atoms. The van der Waals surface area contributed by atoms with Crippen molar-refractivity contribution in [2.24, 2.45) is 10.2 Å². The number of imide groups is 2. The van der Waals surface area contributed by atoms with Gasteiger partial charge in [0, 0.05) is 0 Å². The number of fused-ring (bicyclic) bond motifs is 2. The van der Waals surface area contributed by atoms with E-state index in [1.165, 1.54) is 24.3 Å². The van der Waals surface area contributed by atoms with Crippen molar-refractivity contribution in [2.75, 3.05) is 0 Å². The van der Waals surface area contributed by atoms with Crippen molar-refractivity contribution in [1.29, 1.82) is 0 Å². The molecule has 0 saturated heterocycles. The van der Waals surface area contributed by atoms with Gasteiger partial charge in [-0.15, -0.1) is 0 Å². The predicted octanol–water partition coefficient (Wildman–Crippen LogP) is 1.55. The highest BCUT2D eigenvalue weighted by molar-refractivity contribution is 6.24. The van der Waals surface area contributed by atoms with Gasteiger partial charge in [-0.25, -0.2) is 0 Å². The highest BCUT2D eigenvalue weighted by Crippen LogP contribution is 2.23. The Morgan fingerprint density at radius 2 is 0.808 bits per heavy atom. The van der Waals surface area contributed by atoms with Crippen molar-refractivity contribution in [1.82, 2.24) is 10.0 Å². The first-order valence-electron chi connectivity index (χ1n) is 7.62. The molecule has 0 N–H and O–H groups in total. The van der Waals surface area contributed by atoms with E-state index < -0.39 is 23.6 Å². The average Bonchev–Trinajstić information content (AvgIpc) is 3.06. The summed E-state index contributed by atoms with van der Waals surface area (Å²) in [6.07, 6.45) is 2.15. The van der Waals surface area contributed by atoms with Crippen molar-refractivity contribution in [3.05, 3.63) is 70.8 Å². The molecular formula is C18H10N4O4. The van der Waals surface area contributed by atoms with Crippen LogP contribution in [0.3, 0.4) is 0 Å². The van der Waals surface area contributed by atoms with E-state index in [2.05, 4.69) is 10.2 Å². The van der Waals surface area contributed by atoms with Crippen LogP contribution in [0.4, 0.5) is 0 Å². The first kappa shape index (κ1) is 15.6. The second kappa shape index (κ2) is 5.85. The smallest absolute Gasteiger partial charge is 0.267 e. The van der Waals surface area contributed by atoms with Gasteiger partial charge in [-0.1, -0.05) is 24.3 Å². The van der Waals surface area contributed by atoms with Gasteiger partial charge >= 0.3 is 0 Å². The Morgan fingerprint density at radius 3 is 1.08 bits per heavy atom. The number of hydrogen-bond donors (Lipinski definition) is 0. The molecule has 2 aromatic rings. The highest BCUT2D eigenvalue weighted by Gasteiger charge is 2.36. The Labute approximate surface area is 147 Å². The van der Waals surface area contributed by atoms with Gasteiger partial charge in [-0.3, -0.25) is 19.2 Å². The maximum atomic E-state index is 12.1. The molecule has 0 unspecified atom stereocenters. The lowest BCUT2D eigenvalue weighted by molar-refractivity contribution is 0.0643. The summed E-state index contributed by atoms with van der Waals surface area (Å²) < 4.78 is 0. The van der Waals surface area contributed by atoms with Crippen LogP contribution in [0.5, 0.6) is 0 Å². The molecule has 2 aliphatic heterocycles. The van der Waals surface area contributed by atoms with E-state index in [1.807, 2.05) is 0 Å². The number of amides is 4. The summed E-state index contributed by atoms with van der Waals surface area (Å²) in [5, 5.41) is 8.96. The molecule has 126 valence electrons. The second-order valence-electron chi connectivity index (χ2n) is 5.46. The van der Waals surface area contributed by atoms with Crippen molar-refractivity contribution in [3.63, 3.8) is 0 Å².